The molecule has 1 atom stereocenters. The van der Waals surface area contributed by atoms with Gasteiger partial charge in [0, 0.05) is 25.1 Å². The molecular weight excluding hydrogens is 343 g/mol. The van der Waals surface area contributed by atoms with E-state index in [0.29, 0.717) is 12.1 Å². The molecule has 0 spiro atoms. The van der Waals surface area contributed by atoms with Gasteiger partial charge in [0.2, 0.25) is 0 Å². The molecule has 2 aromatic carbocycles. The molecule has 0 aliphatic heterocycles. The Morgan fingerprint density at radius 2 is 1.85 bits per heavy atom. The molecule has 0 saturated heterocycles. The Labute approximate surface area is 150 Å². The van der Waals surface area contributed by atoms with Crippen molar-refractivity contribution in [1.82, 2.24) is 0 Å². The number of nitrogens with zero attached hydrogens (tertiary/aromatic N) is 1. The van der Waals surface area contributed by atoms with E-state index in [2.05, 4.69) is 0 Å². The van der Waals surface area contributed by atoms with Crippen LogP contribution >= 0.6 is 0 Å². The highest BCUT2D eigenvalue weighted by molar-refractivity contribution is 5.85. The first-order valence-corrected chi connectivity index (χ1v) is 8.54. The summed E-state index contributed by atoms with van der Waals surface area (Å²) >= 11 is 0. The largest absolute Gasteiger partial charge is 0.480 e. The lowest BCUT2D eigenvalue weighted by Gasteiger charge is -2.31. The maximum atomic E-state index is 12.5. The number of aliphatic carboxylic acids is 1. The van der Waals surface area contributed by atoms with E-state index in [1.807, 2.05) is 36.4 Å². The summed E-state index contributed by atoms with van der Waals surface area (Å²) in [5.74, 6) is -1.05. The molecule has 3 rings (SSSR count). The second-order valence-corrected chi connectivity index (χ2v) is 6.56. The zero-order valence-corrected chi connectivity index (χ0v) is 14.4. The summed E-state index contributed by atoms with van der Waals surface area (Å²) in [6, 6.07) is 12.6. The number of rotatable bonds is 6. The Kier molecular flexibility index (Phi) is 4.94. The number of alkyl halides is 3. The van der Waals surface area contributed by atoms with Crippen LogP contribution in [0, 0.1) is 0 Å². The minimum absolute atomic E-state index is 0.0414. The second-order valence-electron chi connectivity index (χ2n) is 6.56. The molecule has 1 aliphatic rings. The van der Waals surface area contributed by atoms with E-state index in [1.54, 1.807) is 11.0 Å². The summed E-state index contributed by atoms with van der Waals surface area (Å²) < 4.78 is 37.6. The van der Waals surface area contributed by atoms with Crippen LogP contribution in [0.4, 0.5) is 18.9 Å². The van der Waals surface area contributed by atoms with E-state index < -0.39 is 24.6 Å². The number of benzene rings is 2. The number of carboxylic acids is 1. The molecule has 6 heteroatoms. The number of halogens is 3. The second kappa shape index (κ2) is 7.02. The lowest BCUT2D eigenvalue weighted by atomic mass is 10.0. The summed E-state index contributed by atoms with van der Waals surface area (Å²) in [5.41, 5.74) is 4.96. The van der Waals surface area contributed by atoms with Crippen LogP contribution in [0.1, 0.15) is 30.9 Å². The summed E-state index contributed by atoms with van der Waals surface area (Å²) in [5, 5.41) is 9.43. The number of hydrogen-bond acceptors (Lipinski definition) is 2. The lowest BCUT2D eigenvalue weighted by Crippen LogP contribution is -2.40. The fourth-order valence-electron chi connectivity index (χ4n) is 3.52. The third-order valence-electron chi connectivity index (χ3n) is 4.82. The van der Waals surface area contributed by atoms with Crippen molar-refractivity contribution >= 4 is 11.7 Å². The molecule has 0 heterocycles. The Bertz CT molecular complexity index is 817. The molecule has 0 fully saturated rings. The Morgan fingerprint density at radius 3 is 2.54 bits per heavy atom. The van der Waals surface area contributed by atoms with Crippen molar-refractivity contribution in [2.75, 3.05) is 11.4 Å². The first-order chi connectivity index (χ1) is 12.3. The van der Waals surface area contributed by atoms with Gasteiger partial charge in [-0.15, -0.1) is 0 Å². The van der Waals surface area contributed by atoms with E-state index >= 15 is 0 Å². The van der Waals surface area contributed by atoms with Crippen LogP contribution in [0.15, 0.2) is 42.5 Å². The number of carboxylic acid groups (broad SMARTS) is 1. The van der Waals surface area contributed by atoms with Gasteiger partial charge in [-0.25, -0.2) is 4.79 Å². The van der Waals surface area contributed by atoms with E-state index in [0.717, 1.165) is 22.3 Å². The SMILES string of the molecule is C[C@@H](C(=O)O)N(CCCC(F)(F)F)c1cccc2c1Cc1ccccc1-2. The predicted octanol–water partition coefficient (Wildman–Crippen LogP) is 4.88. The lowest BCUT2D eigenvalue weighted by molar-refractivity contribution is -0.138. The molecule has 1 aliphatic carbocycles. The molecule has 0 saturated carbocycles. The molecule has 0 unspecified atom stereocenters. The maximum Gasteiger partial charge on any atom is 0.389 e. The van der Waals surface area contributed by atoms with Gasteiger partial charge in [-0.3, -0.25) is 0 Å². The van der Waals surface area contributed by atoms with Crippen LogP contribution in [-0.2, 0) is 11.2 Å². The van der Waals surface area contributed by atoms with E-state index in [4.69, 9.17) is 0 Å². The van der Waals surface area contributed by atoms with Crippen molar-refractivity contribution in [2.24, 2.45) is 0 Å². The zero-order chi connectivity index (χ0) is 18.9. The van der Waals surface area contributed by atoms with Gasteiger partial charge in [-0.2, -0.15) is 13.2 Å². The molecule has 0 amide bonds. The number of hydrogen-bond donors (Lipinski definition) is 1. The first-order valence-electron chi connectivity index (χ1n) is 8.54. The van der Waals surface area contributed by atoms with Gasteiger partial charge in [-0.1, -0.05) is 36.4 Å². The Morgan fingerprint density at radius 1 is 1.15 bits per heavy atom. The highest BCUT2D eigenvalue weighted by Gasteiger charge is 2.30. The van der Waals surface area contributed by atoms with Crippen molar-refractivity contribution in [1.29, 1.82) is 0 Å². The fourth-order valence-corrected chi connectivity index (χ4v) is 3.52. The van der Waals surface area contributed by atoms with Crippen LogP contribution in [0.5, 0.6) is 0 Å². The molecule has 0 aromatic heterocycles. The van der Waals surface area contributed by atoms with Crippen LogP contribution in [0.2, 0.25) is 0 Å². The number of anilines is 1. The van der Waals surface area contributed by atoms with E-state index in [-0.39, 0.29) is 13.0 Å². The fraction of sp³-hybridized carbons (Fsp3) is 0.350. The van der Waals surface area contributed by atoms with Crippen LogP contribution in [-0.4, -0.2) is 29.8 Å². The van der Waals surface area contributed by atoms with Crippen LogP contribution in [0.25, 0.3) is 11.1 Å². The van der Waals surface area contributed by atoms with E-state index in [1.165, 1.54) is 6.92 Å². The van der Waals surface area contributed by atoms with Crippen LogP contribution in [0.3, 0.4) is 0 Å². The summed E-state index contributed by atoms with van der Waals surface area (Å²) in [6.45, 7) is 1.55. The summed E-state index contributed by atoms with van der Waals surface area (Å²) in [4.78, 5) is 13.1. The molecule has 1 N–H and O–H groups in total. The normalized spacial score (nSPS) is 13.8. The minimum atomic E-state index is -4.24. The van der Waals surface area contributed by atoms with Crippen molar-refractivity contribution < 1.29 is 23.1 Å². The van der Waals surface area contributed by atoms with Crippen molar-refractivity contribution in [3.63, 3.8) is 0 Å². The minimum Gasteiger partial charge on any atom is -0.480 e. The standard InChI is InChI=1S/C20H20F3NO2/c1-13(19(25)26)24(11-5-10-20(21,22)23)18-9-4-8-16-15-7-3-2-6-14(15)12-17(16)18/h2-4,6-9,13H,5,10-12H2,1H3,(H,25,26)/t13-/m0/s1. The van der Waals surface area contributed by atoms with Crippen LogP contribution < -0.4 is 4.90 Å². The smallest absolute Gasteiger partial charge is 0.389 e. The number of carbonyl (C=O) groups is 1. The van der Waals surface area contributed by atoms with Gasteiger partial charge in [-0.05, 0) is 41.7 Å². The maximum absolute atomic E-state index is 12.5. The van der Waals surface area contributed by atoms with Crippen molar-refractivity contribution in [3.8, 4) is 11.1 Å². The van der Waals surface area contributed by atoms with E-state index in [9.17, 15) is 23.1 Å². The highest BCUT2D eigenvalue weighted by atomic mass is 19.4. The quantitative estimate of drug-likeness (QED) is 0.679. The summed E-state index contributed by atoms with van der Waals surface area (Å²) in [6.07, 6.45) is -4.65. The summed E-state index contributed by atoms with van der Waals surface area (Å²) in [7, 11) is 0. The average molecular weight is 363 g/mol. The first kappa shape index (κ1) is 18.3. The molecule has 138 valence electrons. The van der Waals surface area contributed by atoms with Gasteiger partial charge in [0.05, 0.1) is 0 Å². The molecule has 2 aromatic rings. The molecule has 3 nitrogen and oxygen atoms in total. The Hall–Kier alpha value is -2.50. The molecule has 0 bridgehead atoms. The van der Waals surface area contributed by atoms with Gasteiger partial charge in [0.25, 0.3) is 0 Å². The molecular formula is C20H20F3NO2. The van der Waals surface area contributed by atoms with Gasteiger partial charge in [0.15, 0.2) is 0 Å². The topological polar surface area (TPSA) is 40.5 Å². The Balaban J connectivity index is 1.94. The average Bonchev–Trinajstić information content (AvgIpc) is 2.96. The highest BCUT2D eigenvalue weighted by Crippen LogP contribution is 2.41. The molecule has 0 radical (unpaired) electrons. The zero-order valence-electron chi connectivity index (χ0n) is 14.4. The van der Waals surface area contributed by atoms with Crippen molar-refractivity contribution in [3.05, 3.63) is 53.6 Å². The van der Waals surface area contributed by atoms with Crippen molar-refractivity contribution in [2.45, 2.75) is 38.4 Å². The molecule has 26 heavy (non-hydrogen) atoms. The predicted molar refractivity (Wildman–Crippen MR) is 94.4 cm³/mol. The third-order valence-corrected chi connectivity index (χ3v) is 4.82. The van der Waals surface area contributed by atoms with Gasteiger partial charge < -0.3 is 10.0 Å². The van der Waals surface area contributed by atoms with Gasteiger partial charge in [0.1, 0.15) is 6.04 Å². The third kappa shape index (κ3) is 3.69. The van der Waals surface area contributed by atoms with Gasteiger partial charge >= 0.3 is 12.1 Å². The monoisotopic (exact) mass is 363 g/mol. The number of fused-ring (bicyclic) bond motifs is 3.